The molecule has 1 amide bonds. The Balaban J connectivity index is 2.37. The van der Waals surface area contributed by atoms with Crippen LogP contribution in [0.4, 0.5) is 0 Å². The lowest BCUT2D eigenvalue weighted by atomic mass is 10.1. The van der Waals surface area contributed by atoms with Crippen LogP contribution in [0.25, 0.3) is 5.70 Å². The fraction of sp³-hybridized carbons (Fsp3) is 0.100. The van der Waals surface area contributed by atoms with Gasteiger partial charge in [-0.05, 0) is 6.92 Å². The van der Waals surface area contributed by atoms with Crippen LogP contribution in [-0.2, 0) is 4.79 Å². The van der Waals surface area contributed by atoms with E-state index in [0.717, 1.165) is 5.56 Å². The second-order valence-electron chi connectivity index (χ2n) is 2.93. The van der Waals surface area contributed by atoms with E-state index in [1.165, 1.54) is 11.6 Å². The third-order valence-corrected chi connectivity index (χ3v) is 1.86. The van der Waals surface area contributed by atoms with Crippen molar-refractivity contribution in [3.8, 4) is 0 Å². The number of carbonyl (C=O) groups is 1. The Kier molecular flexibility index (Phi) is 1.77. The molecular weight excluding hydrogens is 164 g/mol. The van der Waals surface area contributed by atoms with Gasteiger partial charge in [-0.3, -0.25) is 4.79 Å². The first-order valence-electron chi connectivity index (χ1n) is 4.00. The summed E-state index contributed by atoms with van der Waals surface area (Å²) in [6.45, 7) is 2.01. The lowest BCUT2D eigenvalue weighted by Crippen LogP contribution is -1.81. The predicted molar refractivity (Wildman–Crippen MR) is 49.0 cm³/mol. The van der Waals surface area contributed by atoms with Crippen LogP contribution >= 0.6 is 0 Å². The second-order valence-corrected chi connectivity index (χ2v) is 2.93. The molecule has 3 heteroatoms. The van der Waals surface area contributed by atoms with Gasteiger partial charge in [-0.2, -0.15) is 0 Å². The lowest BCUT2D eigenvalue weighted by Gasteiger charge is -1.96. The molecule has 64 valence electrons. The summed E-state index contributed by atoms with van der Waals surface area (Å²) in [5, 5.41) is 7.16. The normalized spacial score (nSPS) is 14.8. The number of azo groups is 1. The van der Waals surface area contributed by atoms with Crippen LogP contribution in [0.3, 0.4) is 0 Å². The van der Waals surface area contributed by atoms with Crippen LogP contribution in [-0.4, -0.2) is 5.91 Å². The van der Waals surface area contributed by atoms with Gasteiger partial charge in [-0.25, -0.2) is 0 Å². The van der Waals surface area contributed by atoms with E-state index in [2.05, 4.69) is 10.2 Å². The van der Waals surface area contributed by atoms with Gasteiger partial charge in [0.05, 0.1) is 5.70 Å². The quantitative estimate of drug-likeness (QED) is 0.641. The summed E-state index contributed by atoms with van der Waals surface area (Å²) < 4.78 is 0. The SMILES string of the molecule is Cc1ccc(C2=CC(=O)N=N2)cc1. The summed E-state index contributed by atoms with van der Waals surface area (Å²) in [4.78, 5) is 10.8. The summed E-state index contributed by atoms with van der Waals surface area (Å²) in [5.41, 5.74) is 2.76. The molecule has 3 nitrogen and oxygen atoms in total. The lowest BCUT2D eigenvalue weighted by molar-refractivity contribution is -0.113. The molecule has 0 saturated carbocycles. The molecule has 0 aliphatic carbocycles. The minimum absolute atomic E-state index is 0.282. The van der Waals surface area contributed by atoms with E-state index >= 15 is 0 Å². The van der Waals surface area contributed by atoms with Crippen LogP contribution in [0.1, 0.15) is 11.1 Å². The maximum absolute atomic E-state index is 10.8. The van der Waals surface area contributed by atoms with E-state index in [1.54, 1.807) is 0 Å². The summed E-state index contributed by atoms with van der Waals surface area (Å²) in [7, 11) is 0. The van der Waals surface area contributed by atoms with Gasteiger partial charge < -0.3 is 0 Å². The van der Waals surface area contributed by atoms with Crippen LogP contribution < -0.4 is 0 Å². The topological polar surface area (TPSA) is 41.8 Å². The van der Waals surface area contributed by atoms with Gasteiger partial charge in [0, 0.05) is 11.6 Å². The van der Waals surface area contributed by atoms with E-state index in [1.807, 2.05) is 31.2 Å². The van der Waals surface area contributed by atoms with Gasteiger partial charge in [-0.15, -0.1) is 10.2 Å². The number of aryl methyl sites for hydroxylation is 1. The van der Waals surface area contributed by atoms with Crippen molar-refractivity contribution in [3.05, 3.63) is 41.5 Å². The van der Waals surface area contributed by atoms with Crippen molar-refractivity contribution in [1.29, 1.82) is 0 Å². The molecule has 1 aliphatic rings. The summed E-state index contributed by atoms with van der Waals surface area (Å²) in [6.07, 6.45) is 1.44. The Morgan fingerprint density at radius 2 is 1.77 bits per heavy atom. The Hall–Kier alpha value is -1.77. The van der Waals surface area contributed by atoms with Crippen molar-refractivity contribution in [1.82, 2.24) is 0 Å². The van der Waals surface area contributed by atoms with E-state index in [4.69, 9.17) is 0 Å². The van der Waals surface area contributed by atoms with Gasteiger partial charge in [0.25, 0.3) is 5.91 Å². The third kappa shape index (κ3) is 1.54. The molecule has 2 rings (SSSR count). The number of amides is 1. The van der Waals surface area contributed by atoms with Gasteiger partial charge in [0.2, 0.25) is 0 Å². The van der Waals surface area contributed by atoms with Crippen molar-refractivity contribution < 1.29 is 4.79 Å². The van der Waals surface area contributed by atoms with Gasteiger partial charge in [0.1, 0.15) is 0 Å². The molecule has 13 heavy (non-hydrogen) atoms. The van der Waals surface area contributed by atoms with Crippen LogP contribution in [0.2, 0.25) is 0 Å². The zero-order chi connectivity index (χ0) is 9.26. The largest absolute Gasteiger partial charge is 0.290 e. The fourth-order valence-electron chi connectivity index (χ4n) is 1.14. The van der Waals surface area contributed by atoms with Crippen molar-refractivity contribution in [2.45, 2.75) is 6.92 Å². The van der Waals surface area contributed by atoms with E-state index in [9.17, 15) is 4.79 Å². The zero-order valence-electron chi connectivity index (χ0n) is 7.19. The Labute approximate surface area is 75.8 Å². The minimum atomic E-state index is -0.282. The first kappa shape index (κ1) is 7.86. The highest BCUT2D eigenvalue weighted by molar-refractivity contribution is 5.98. The van der Waals surface area contributed by atoms with Crippen LogP contribution in [0, 0.1) is 6.92 Å². The first-order chi connectivity index (χ1) is 6.25. The van der Waals surface area contributed by atoms with Gasteiger partial charge >= 0.3 is 0 Å². The molecule has 0 aromatic heterocycles. The number of benzene rings is 1. The molecule has 1 aliphatic heterocycles. The molecule has 0 spiro atoms. The molecule has 1 heterocycles. The number of nitrogens with zero attached hydrogens (tertiary/aromatic N) is 2. The Morgan fingerprint density at radius 3 is 2.31 bits per heavy atom. The van der Waals surface area contributed by atoms with Crippen LogP contribution in [0.15, 0.2) is 40.6 Å². The average Bonchev–Trinajstić information content (AvgIpc) is 2.53. The molecule has 0 unspecified atom stereocenters. The molecule has 0 fully saturated rings. The van der Waals surface area contributed by atoms with Crippen molar-refractivity contribution in [2.24, 2.45) is 10.2 Å². The standard InChI is InChI=1S/C10H8N2O/c1-7-2-4-8(5-3-7)9-6-10(13)12-11-9/h2-6H,1H3. The zero-order valence-corrected chi connectivity index (χ0v) is 7.19. The molecule has 0 radical (unpaired) electrons. The van der Waals surface area contributed by atoms with Crippen LogP contribution in [0.5, 0.6) is 0 Å². The minimum Gasteiger partial charge on any atom is -0.266 e. The van der Waals surface area contributed by atoms with Crippen molar-refractivity contribution in [3.63, 3.8) is 0 Å². The molecular formula is C10H8N2O. The first-order valence-corrected chi connectivity index (χ1v) is 4.00. The highest BCUT2D eigenvalue weighted by Gasteiger charge is 2.09. The average molecular weight is 172 g/mol. The van der Waals surface area contributed by atoms with Crippen molar-refractivity contribution >= 4 is 11.6 Å². The smallest absolute Gasteiger partial charge is 0.266 e. The Bertz CT molecular complexity index is 401. The number of hydrogen-bond donors (Lipinski definition) is 0. The number of hydrogen-bond acceptors (Lipinski definition) is 2. The predicted octanol–water partition coefficient (Wildman–Crippen LogP) is 2.33. The van der Waals surface area contributed by atoms with Gasteiger partial charge in [-0.1, -0.05) is 29.8 Å². The third-order valence-electron chi connectivity index (χ3n) is 1.86. The molecule has 0 atom stereocenters. The molecule has 0 saturated heterocycles. The highest BCUT2D eigenvalue weighted by atomic mass is 16.1. The van der Waals surface area contributed by atoms with E-state index in [0.29, 0.717) is 5.70 Å². The summed E-state index contributed by atoms with van der Waals surface area (Å²) in [6, 6.07) is 7.82. The fourth-order valence-corrected chi connectivity index (χ4v) is 1.14. The van der Waals surface area contributed by atoms with E-state index < -0.39 is 0 Å². The monoisotopic (exact) mass is 172 g/mol. The summed E-state index contributed by atoms with van der Waals surface area (Å²) in [5.74, 6) is -0.282. The number of rotatable bonds is 1. The number of carbonyl (C=O) groups excluding carboxylic acids is 1. The second kappa shape index (κ2) is 2.94. The van der Waals surface area contributed by atoms with Crippen molar-refractivity contribution in [2.75, 3.05) is 0 Å². The highest BCUT2D eigenvalue weighted by Crippen LogP contribution is 2.20. The maximum Gasteiger partial charge on any atom is 0.290 e. The maximum atomic E-state index is 10.8. The van der Waals surface area contributed by atoms with Gasteiger partial charge in [0.15, 0.2) is 0 Å². The molecule has 0 bridgehead atoms. The molecule has 1 aromatic carbocycles. The Morgan fingerprint density at radius 1 is 1.08 bits per heavy atom. The summed E-state index contributed by atoms with van der Waals surface area (Å²) >= 11 is 0. The van der Waals surface area contributed by atoms with E-state index in [-0.39, 0.29) is 5.91 Å². The molecule has 0 N–H and O–H groups in total. The molecule has 1 aromatic rings.